The Kier molecular flexibility index (Phi) is 6.72. The molecule has 0 spiro atoms. The van der Waals surface area contributed by atoms with Crippen LogP contribution < -0.4 is 15.8 Å². The quantitative estimate of drug-likeness (QED) is 0.314. The Morgan fingerprint density at radius 3 is 2.39 bits per heavy atom. The Bertz CT molecular complexity index is 470. The van der Waals surface area contributed by atoms with Gasteiger partial charge in [0.2, 0.25) is 6.29 Å². The first-order valence-electron chi connectivity index (χ1n) is 7.53. The second kappa shape index (κ2) is 8.55. The molecule has 1 fully saturated rings. The molecule has 0 radical (unpaired) electrons. The maximum atomic E-state index is 9.92. The topological polar surface area (TPSA) is 137 Å². The maximum absolute atomic E-state index is 9.92. The second-order valence-electron chi connectivity index (χ2n) is 5.42. The average molecular weight is 328 g/mol. The van der Waals surface area contributed by atoms with Crippen molar-refractivity contribution in [3.05, 3.63) is 29.8 Å². The van der Waals surface area contributed by atoms with Crippen LogP contribution in [0.15, 0.2) is 24.3 Å². The minimum absolute atomic E-state index is 0.442. The van der Waals surface area contributed by atoms with Crippen LogP contribution >= 0.6 is 0 Å². The van der Waals surface area contributed by atoms with Crippen LogP contribution in [0, 0.1) is 0 Å². The zero-order valence-electron chi connectivity index (χ0n) is 12.7. The van der Waals surface area contributed by atoms with E-state index in [-0.39, 0.29) is 0 Å². The molecule has 1 aliphatic rings. The van der Waals surface area contributed by atoms with Crippen LogP contribution in [0.4, 0.5) is 0 Å². The third-order valence-corrected chi connectivity index (χ3v) is 3.67. The molecule has 8 heteroatoms. The van der Waals surface area contributed by atoms with E-state index in [9.17, 15) is 15.3 Å². The maximum Gasteiger partial charge on any atom is 0.229 e. The summed E-state index contributed by atoms with van der Waals surface area (Å²) in [6, 6.07) is 7.12. The predicted molar refractivity (Wildman–Crippen MR) is 81.6 cm³/mol. The number of nitrogens with two attached hydrogens (primary N) is 1. The Balaban J connectivity index is 1.95. The number of hydrogen-bond donors (Lipinski definition) is 6. The highest BCUT2D eigenvalue weighted by molar-refractivity contribution is 5.27. The molecule has 8 nitrogen and oxygen atoms in total. The van der Waals surface area contributed by atoms with E-state index < -0.39 is 37.3 Å². The molecular weight excluding hydrogens is 304 g/mol. The van der Waals surface area contributed by atoms with Crippen molar-refractivity contribution >= 4 is 0 Å². The first kappa shape index (κ1) is 18.1. The summed E-state index contributed by atoms with van der Waals surface area (Å²) in [6.45, 7) is 1.48. The summed E-state index contributed by atoms with van der Waals surface area (Å²) in [5, 5.41) is 41.7. The van der Waals surface area contributed by atoms with Gasteiger partial charge in [-0.25, -0.2) is 0 Å². The molecule has 0 amide bonds. The molecule has 5 unspecified atom stereocenters. The van der Waals surface area contributed by atoms with Crippen molar-refractivity contribution in [3.63, 3.8) is 0 Å². The normalized spacial score (nSPS) is 31.1. The van der Waals surface area contributed by atoms with Gasteiger partial charge in [0.1, 0.15) is 30.2 Å². The summed E-state index contributed by atoms with van der Waals surface area (Å²) in [7, 11) is 0. The van der Waals surface area contributed by atoms with Crippen molar-refractivity contribution in [1.82, 2.24) is 5.32 Å². The molecule has 1 saturated heterocycles. The van der Waals surface area contributed by atoms with E-state index >= 15 is 0 Å². The third-order valence-electron chi connectivity index (χ3n) is 3.67. The first-order valence-corrected chi connectivity index (χ1v) is 7.53. The average Bonchev–Trinajstić information content (AvgIpc) is 2.57. The van der Waals surface area contributed by atoms with Gasteiger partial charge in [0.05, 0.1) is 6.61 Å². The van der Waals surface area contributed by atoms with Crippen molar-refractivity contribution in [2.24, 2.45) is 5.73 Å². The van der Waals surface area contributed by atoms with Crippen LogP contribution in [0.5, 0.6) is 5.75 Å². The monoisotopic (exact) mass is 328 g/mol. The van der Waals surface area contributed by atoms with Crippen molar-refractivity contribution in [2.45, 2.75) is 37.3 Å². The highest BCUT2D eigenvalue weighted by Crippen LogP contribution is 2.24. The summed E-state index contributed by atoms with van der Waals surface area (Å²) in [5.41, 5.74) is 6.44. The van der Waals surface area contributed by atoms with E-state index in [1.54, 1.807) is 12.1 Å². The number of aliphatic hydroxyl groups is 4. The third kappa shape index (κ3) is 4.61. The highest BCUT2D eigenvalue weighted by Gasteiger charge is 2.44. The lowest BCUT2D eigenvalue weighted by Gasteiger charge is -2.39. The van der Waals surface area contributed by atoms with Gasteiger partial charge in [-0.3, -0.25) is 0 Å². The lowest BCUT2D eigenvalue weighted by Crippen LogP contribution is -2.60. The molecule has 7 N–H and O–H groups in total. The molecule has 0 bridgehead atoms. The van der Waals surface area contributed by atoms with Crippen LogP contribution in [0.3, 0.4) is 0 Å². The summed E-state index contributed by atoms with van der Waals surface area (Å²) in [4.78, 5) is 0. The second-order valence-corrected chi connectivity index (χ2v) is 5.42. The number of hydrogen-bond acceptors (Lipinski definition) is 8. The highest BCUT2D eigenvalue weighted by atomic mass is 16.7. The Labute approximate surface area is 134 Å². The Morgan fingerprint density at radius 2 is 1.78 bits per heavy atom. The molecule has 1 heterocycles. The Morgan fingerprint density at radius 1 is 1.09 bits per heavy atom. The molecule has 0 aliphatic carbocycles. The molecule has 1 aromatic rings. The van der Waals surface area contributed by atoms with E-state index in [4.69, 9.17) is 20.3 Å². The fourth-order valence-corrected chi connectivity index (χ4v) is 2.32. The summed E-state index contributed by atoms with van der Waals surface area (Å²) in [5.74, 6) is 0.442. The number of rotatable bonds is 7. The van der Waals surface area contributed by atoms with Crippen LogP contribution in [0.25, 0.3) is 0 Å². The minimum Gasteiger partial charge on any atom is -0.462 e. The zero-order valence-corrected chi connectivity index (χ0v) is 12.7. The van der Waals surface area contributed by atoms with Gasteiger partial charge in [-0.15, -0.1) is 0 Å². The smallest absolute Gasteiger partial charge is 0.229 e. The van der Waals surface area contributed by atoms with Gasteiger partial charge < -0.3 is 41.0 Å². The van der Waals surface area contributed by atoms with E-state index in [1.807, 2.05) is 12.1 Å². The molecule has 5 atom stereocenters. The molecule has 23 heavy (non-hydrogen) atoms. The number of nitrogens with one attached hydrogen (secondary N) is 1. The van der Waals surface area contributed by atoms with Crippen molar-refractivity contribution < 1.29 is 29.9 Å². The van der Waals surface area contributed by atoms with Crippen molar-refractivity contribution in [3.8, 4) is 5.75 Å². The van der Waals surface area contributed by atoms with E-state index in [0.717, 1.165) is 12.1 Å². The lowest BCUT2D eigenvalue weighted by molar-refractivity contribution is -0.277. The molecule has 0 aromatic heterocycles. The van der Waals surface area contributed by atoms with Gasteiger partial charge in [-0.1, -0.05) is 12.1 Å². The van der Waals surface area contributed by atoms with Gasteiger partial charge in [-0.05, 0) is 17.7 Å². The van der Waals surface area contributed by atoms with Crippen LogP contribution in [-0.4, -0.2) is 70.8 Å². The largest absolute Gasteiger partial charge is 0.462 e. The van der Waals surface area contributed by atoms with Crippen LogP contribution in [0.2, 0.25) is 0 Å². The number of ether oxygens (including phenoxy) is 2. The molecule has 1 aliphatic heterocycles. The number of benzene rings is 1. The summed E-state index contributed by atoms with van der Waals surface area (Å²) >= 11 is 0. The van der Waals surface area contributed by atoms with Crippen molar-refractivity contribution in [2.75, 3.05) is 19.7 Å². The van der Waals surface area contributed by atoms with Crippen LogP contribution in [0.1, 0.15) is 5.56 Å². The van der Waals surface area contributed by atoms with E-state index in [2.05, 4.69) is 5.32 Å². The summed E-state index contributed by atoms with van der Waals surface area (Å²) < 4.78 is 10.8. The van der Waals surface area contributed by atoms with E-state index in [1.165, 1.54) is 0 Å². The summed E-state index contributed by atoms with van der Waals surface area (Å²) in [6.07, 6.45) is -6.43. The molecule has 1 aromatic carbocycles. The Hall–Kier alpha value is -1.26. The molecule has 130 valence electrons. The SMILES string of the molecule is NCCNCc1ccc(OC2OC(CO)C(O)C(O)C2O)cc1. The molecular formula is C15H24N2O6. The predicted octanol–water partition coefficient (Wildman–Crippen LogP) is -2.09. The first-order chi connectivity index (χ1) is 11.1. The van der Waals surface area contributed by atoms with Gasteiger partial charge in [-0.2, -0.15) is 0 Å². The fraction of sp³-hybridized carbons (Fsp3) is 0.600. The number of aliphatic hydroxyl groups excluding tert-OH is 4. The van der Waals surface area contributed by atoms with Gasteiger partial charge in [0, 0.05) is 19.6 Å². The fourth-order valence-electron chi connectivity index (χ4n) is 2.32. The van der Waals surface area contributed by atoms with Gasteiger partial charge in [0.25, 0.3) is 0 Å². The lowest BCUT2D eigenvalue weighted by atomic mass is 9.99. The molecule has 0 saturated carbocycles. The van der Waals surface area contributed by atoms with E-state index in [0.29, 0.717) is 18.8 Å². The standard InChI is InChI=1S/C15H24N2O6/c16-5-6-17-7-9-1-3-10(4-2-9)22-15-14(21)13(20)12(19)11(8-18)23-15/h1-4,11-15,17-21H,5-8,16H2. The van der Waals surface area contributed by atoms with Crippen LogP contribution in [-0.2, 0) is 11.3 Å². The van der Waals surface area contributed by atoms with Crippen molar-refractivity contribution in [1.29, 1.82) is 0 Å². The minimum atomic E-state index is -1.45. The molecule has 2 rings (SSSR count). The van der Waals surface area contributed by atoms with Gasteiger partial charge >= 0.3 is 0 Å². The zero-order chi connectivity index (χ0) is 16.8. The van der Waals surface area contributed by atoms with Gasteiger partial charge in [0.15, 0.2) is 0 Å².